The van der Waals surface area contributed by atoms with Gasteiger partial charge in [0.15, 0.2) is 5.82 Å². The topological polar surface area (TPSA) is 47.5 Å². The van der Waals surface area contributed by atoms with Gasteiger partial charge in [-0.05, 0) is 0 Å². The molecule has 14 heavy (non-hydrogen) atoms. The van der Waals surface area contributed by atoms with E-state index < -0.39 is 0 Å². The van der Waals surface area contributed by atoms with Gasteiger partial charge in [0.2, 0.25) is 5.13 Å². The molecule has 0 spiro atoms. The Morgan fingerprint density at radius 2 is 2.29 bits per heavy atom. The average molecular weight is 215 g/mol. The highest BCUT2D eigenvalue weighted by Gasteiger charge is 2.15. The Bertz CT molecular complexity index is 286. The second-order valence-electron chi connectivity index (χ2n) is 3.03. The zero-order chi connectivity index (χ0) is 9.80. The third-order valence-electron chi connectivity index (χ3n) is 2.01. The number of hydrogen-bond acceptors (Lipinski definition) is 6. The SMILES string of the molecule is COCc1nsc(N2CCOCC2)n1. The standard InChI is InChI=1S/C8H13N3O2S/c1-12-6-7-9-8(14-10-7)11-2-4-13-5-3-11/h2-6H2,1H3. The lowest BCUT2D eigenvalue weighted by molar-refractivity contribution is 0.122. The summed E-state index contributed by atoms with van der Waals surface area (Å²) in [5, 5.41) is 0.973. The van der Waals surface area contributed by atoms with Crippen LogP contribution in [0.4, 0.5) is 5.13 Å². The molecule has 6 heteroatoms. The Morgan fingerprint density at radius 1 is 1.50 bits per heavy atom. The van der Waals surface area contributed by atoms with Crippen LogP contribution >= 0.6 is 11.5 Å². The van der Waals surface area contributed by atoms with Crippen molar-refractivity contribution in [3.63, 3.8) is 0 Å². The molecule has 0 aliphatic carbocycles. The van der Waals surface area contributed by atoms with E-state index in [-0.39, 0.29) is 0 Å². The maximum Gasteiger partial charge on any atom is 0.205 e. The van der Waals surface area contributed by atoms with E-state index in [2.05, 4.69) is 14.3 Å². The van der Waals surface area contributed by atoms with E-state index >= 15 is 0 Å². The van der Waals surface area contributed by atoms with Crippen LogP contribution in [0, 0.1) is 0 Å². The van der Waals surface area contributed by atoms with E-state index in [0.29, 0.717) is 6.61 Å². The van der Waals surface area contributed by atoms with Crippen LogP contribution < -0.4 is 4.90 Å². The summed E-state index contributed by atoms with van der Waals surface area (Å²) in [5.41, 5.74) is 0. The van der Waals surface area contributed by atoms with Gasteiger partial charge in [0.25, 0.3) is 0 Å². The smallest absolute Gasteiger partial charge is 0.205 e. The average Bonchev–Trinajstić information content (AvgIpc) is 2.68. The Labute approximate surface area is 86.8 Å². The number of hydrogen-bond donors (Lipinski definition) is 0. The van der Waals surface area contributed by atoms with Gasteiger partial charge in [-0.3, -0.25) is 0 Å². The van der Waals surface area contributed by atoms with E-state index in [4.69, 9.17) is 9.47 Å². The van der Waals surface area contributed by atoms with Crippen LogP contribution in [0.15, 0.2) is 0 Å². The summed E-state index contributed by atoms with van der Waals surface area (Å²) in [5.74, 6) is 0.763. The molecule has 2 heterocycles. The van der Waals surface area contributed by atoms with Gasteiger partial charge in [0.1, 0.15) is 6.61 Å². The van der Waals surface area contributed by atoms with Crippen molar-refractivity contribution in [2.24, 2.45) is 0 Å². The molecule has 1 fully saturated rings. The van der Waals surface area contributed by atoms with Crippen molar-refractivity contribution in [2.75, 3.05) is 38.3 Å². The second kappa shape index (κ2) is 4.68. The molecule has 1 aromatic heterocycles. The fourth-order valence-corrected chi connectivity index (χ4v) is 2.04. The van der Waals surface area contributed by atoms with Gasteiger partial charge in [-0.1, -0.05) is 0 Å². The van der Waals surface area contributed by atoms with Crippen LogP contribution in [0.1, 0.15) is 5.82 Å². The highest BCUT2D eigenvalue weighted by molar-refractivity contribution is 7.09. The zero-order valence-corrected chi connectivity index (χ0v) is 8.92. The maximum atomic E-state index is 5.27. The first-order valence-electron chi connectivity index (χ1n) is 4.54. The first kappa shape index (κ1) is 9.82. The molecule has 1 aliphatic heterocycles. The van der Waals surface area contributed by atoms with E-state index in [1.54, 1.807) is 7.11 Å². The quantitative estimate of drug-likeness (QED) is 0.735. The first-order valence-corrected chi connectivity index (χ1v) is 5.31. The molecule has 5 nitrogen and oxygen atoms in total. The van der Waals surface area contributed by atoms with Crippen LogP contribution in [0.3, 0.4) is 0 Å². The summed E-state index contributed by atoms with van der Waals surface area (Å²) in [6.07, 6.45) is 0. The van der Waals surface area contributed by atoms with E-state index in [1.165, 1.54) is 11.5 Å². The highest BCUT2D eigenvalue weighted by Crippen LogP contribution is 2.18. The van der Waals surface area contributed by atoms with E-state index in [1.807, 2.05) is 0 Å². The Balaban J connectivity index is 2.00. The number of nitrogens with zero attached hydrogens (tertiary/aromatic N) is 3. The van der Waals surface area contributed by atoms with Crippen molar-refractivity contribution in [2.45, 2.75) is 6.61 Å². The number of aromatic nitrogens is 2. The number of ether oxygens (including phenoxy) is 2. The largest absolute Gasteiger partial charge is 0.378 e. The summed E-state index contributed by atoms with van der Waals surface area (Å²) in [6, 6.07) is 0. The summed E-state index contributed by atoms with van der Waals surface area (Å²) in [7, 11) is 1.65. The zero-order valence-electron chi connectivity index (χ0n) is 8.10. The van der Waals surface area contributed by atoms with Crippen LogP contribution in [-0.4, -0.2) is 42.8 Å². The van der Waals surface area contributed by atoms with Crippen molar-refractivity contribution in [3.05, 3.63) is 5.82 Å². The molecule has 2 rings (SSSR count). The Kier molecular flexibility index (Phi) is 3.28. The summed E-state index contributed by atoms with van der Waals surface area (Å²) >= 11 is 1.43. The lowest BCUT2D eigenvalue weighted by Gasteiger charge is -2.25. The van der Waals surface area contributed by atoms with Crippen LogP contribution in [0.25, 0.3) is 0 Å². The van der Waals surface area contributed by atoms with E-state index in [9.17, 15) is 0 Å². The molecule has 1 aliphatic rings. The number of morpholine rings is 1. The third-order valence-corrected chi connectivity index (χ3v) is 2.83. The lowest BCUT2D eigenvalue weighted by atomic mass is 10.5. The lowest BCUT2D eigenvalue weighted by Crippen LogP contribution is -2.36. The van der Waals surface area contributed by atoms with Crippen molar-refractivity contribution in [3.8, 4) is 0 Å². The Morgan fingerprint density at radius 3 is 3.00 bits per heavy atom. The van der Waals surface area contributed by atoms with E-state index in [0.717, 1.165) is 37.3 Å². The van der Waals surface area contributed by atoms with Gasteiger partial charge in [-0.2, -0.15) is 4.37 Å². The number of rotatable bonds is 3. The highest BCUT2D eigenvalue weighted by atomic mass is 32.1. The summed E-state index contributed by atoms with van der Waals surface area (Å²) in [6.45, 7) is 3.85. The molecule has 78 valence electrons. The minimum atomic E-state index is 0.487. The van der Waals surface area contributed by atoms with Crippen LogP contribution in [0.2, 0.25) is 0 Å². The van der Waals surface area contributed by atoms with Crippen molar-refractivity contribution < 1.29 is 9.47 Å². The molecule has 0 radical (unpaired) electrons. The minimum absolute atomic E-state index is 0.487. The van der Waals surface area contributed by atoms with Crippen molar-refractivity contribution in [1.82, 2.24) is 9.36 Å². The fourth-order valence-electron chi connectivity index (χ4n) is 1.32. The van der Waals surface area contributed by atoms with Crippen molar-refractivity contribution >= 4 is 16.7 Å². The summed E-state index contributed by atoms with van der Waals surface area (Å²) < 4.78 is 14.4. The van der Waals surface area contributed by atoms with Crippen LogP contribution in [-0.2, 0) is 16.1 Å². The van der Waals surface area contributed by atoms with Gasteiger partial charge >= 0.3 is 0 Å². The molecule has 0 saturated carbocycles. The van der Waals surface area contributed by atoms with Gasteiger partial charge in [0, 0.05) is 31.7 Å². The monoisotopic (exact) mass is 215 g/mol. The molecule has 0 unspecified atom stereocenters. The third kappa shape index (κ3) is 2.20. The summed E-state index contributed by atoms with van der Waals surface area (Å²) in [4.78, 5) is 6.57. The molecule has 1 saturated heterocycles. The van der Waals surface area contributed by atoms with Gasteiger partial charge in [0.05, 0.1) is 13.2 Å². The second-order valence-corrected chi connectivity index (χ2v) is 3.76. The van der Waals surface area contributed by atoms with Crippen molar-refractivity contribution in [1.29, 1.82) is 0 Å². The Hall–Kier alpha value is -0.720. The first-order chi connectivity index (χ1) is 6.90. The molecule has 1 aromatic rings. The van der Waals surface area contributed by atoms with Gasteiger partial charge in [-0.25, -0.2) is 4.98 Å². The minimum Gasteiger partial charge on any atom is -0.378 e. The predicted molar refractivity (Wildman–Crippen MR) is 53.7 cm³/mol. The molecular formula is C8H13N3O2S. The normalized spacial score (nSPS) is 17.4. The molecule has 0 amide bonds. The predicted octanol–water partition coefficient (Wildman–Crippen LogP) is 0.521. The molecule has 0 atom stereocenters. The molecule has 0 aromatic carbocycles. The number of anilines is 1. The molecular weight excluding hydrogens is 202 g/mol. The van der Waals surface area contributed by atoms with Gasteiger partial charge < -0.3 is 14.4 Å². The van der Waals surface area contributed by atoms with Gasteiger partial charge in [-0.15, -0.1) is 0 Å². The maximum absolute atomic E-state index is 5.27. The molecule has 0 N–H and O–H groups in total. The molecule has 0 bridgehead atoms. The fraction of sp³-hybridized carbons (Fsp3) is 0.750. The number of methoxy groups -OCH3 is 1. The van der Waals surface area contributed by atoms with Crippen LogP contribution in [0.5, 0.6) is 0 Å².